The van der Waals surface area contributed by atoms with Gasteiger partial charge in [0.05, 0.1) is 12.4 Å². The Morgan fingerprint density at radius 1 is 1.37 bits per heavy atom. The van der Waals surface area contributed by atoms with Gasteiger partial charge in [-0.3, -0.25) is 4.68 Å². The first-order valence-electron chi connectivity index (χ1n) is 7.11. The maximum atomic E-state index is 11.9. The van der Waals surface area contributed by atoms with Crippen LogP contribution in [0.4, 0.5) is 0 Å². The number of esters is 1. The van der Waals surface area contributed by atoms with Crippen LogP contribution in [0.15, 0.2) is 24.0 Å². The Balaban J connectivity index is 1.65. The van der Waals surface area contributed by atoms with Gasteiger partial charge in [0.1, 0.15) is 0 Å². The van der Waals surface area contributed by atoms with Crippen LogP contribution >= 0.6 is 0 Å². The lowest BCUT2D eigenvalue weighted by molar-refractivity contribution is -0.129. The molecule has 0 aromatic carbocycles. The lowest BCUT2D eigenvalue weighted by Crippen LogP contribution is -2.06. The molecule has 2 saturated carbocycles. The van der Waals surface area contributed by atoms with Crippen molar-refractivity contribution in [3.05, 3.63) is 24.0 Å². The van der Waals surface area contributed by atoms with Crippen LogP contribution in [0.2, 0.25) is 0 Å². The first kappa shape index (κ1) is 12.5. The SMILES string of the molecule is CC(C)n1cc(OC(=O)C=C(C2CC2)C2CC2)cn1. The Morgan fingerprint density at radius 2 is 2.00 bits per heavy atom. The van der Waals surface area contributed by atoms with E-state index in [9.17, 15) is 4.79 Å². The molecule has 2 aliphatic rings. The second-order valence-electron chi connectivity index (χ2n) is 5.86. The number of carbonyl (C=O) groups excluding carboxylic acids is 1. The van der Waals surface area contributed by atoms with Gasteiger partial charge < -0.3 is 4.74 Å². The van der Waals surface area contributed by atoms with Crippen molar-refractivity contribution in [1.29, 1.82) is 0 Å². The van der Waals surface area contributed by atoms with Gasteiger partial charge in [-0.15, -0.1) is 0 Å². The summed E-state index contributed by atoms with van der Waals surface area (Å²) >= 11 is 0. The fraction of sp³-hybridized carbons (Fsp3) is 0.600. The average molecular weight is 260 g/mol. The van der Waals surface area contributed by atoms with Crippen LogP contribution in [-0.2, 0) is 4.79 Å². The second-order valence-corrected chi connectivity index (χ2v) is 5.86. The topological polar surface area (TPSA) is 44.1 Å². The Bertz CT molecular complexity index is 494. The van der Waals surface area contributed by atoms with E-state index in [2.05, 4.69) is 5.10 Å². The molecule has 1 heterocycles. The molecule has 1 aromatic heterocycles. The van der Waals surface area contributed by atoms with Crippen molar-refractivity contribution in [2.45, 2.75) is 45.6 Å². The van der Waals surface area contributed by atoms with Gasteiger partial charge >= 0.3 is 5.97 Å². The van der Waals surface area contributed by atoms with Crippen molar-refractivity contribution in [3.63, 3.8) is 0 Å². The van der Waals surface area contributed by atoms with E-state index in [1.165, 1.54) is 31.3 Å². The minimum absolute atomic E-state index is 0.253. The average Bonchev–Trinajstić information content (AvgIpc) is 3.26. The van der Waals surface area contributed by atoms with Gasteiger partial charge in [-0.05, 0) is 51.4 Å². The molecule has 0 unspecified atom stereocenters. The maximum absolute atomic E-state index is 11.9. The summed E-state index contributed by atoms with van der Waals surface area (Å²) in [5, 5.41) is 4.16. The molecule has 0 amide bonds. The third-order valence-corrected chi connectivity index (χ3v) is 3.71. The van der Waals surface area contributed by atoms with Crippen LogP contribution in [0.5, 0.6) is 5.75 Å². The van der Waals surface area contributed by atoms with E-state index in [4.69, 9.17) is 4.74 Å². The lowest BCUT2D eigenvalue weighted by Gasteiger charge is -2.04. The molecule has 102 valence electrons. The van der Waals surface area contributed by atoms with Gasteiger partial charge in [0.25, 0.3) is 0 Å². The summed E-state index contributed by atoms with van der Waals surface area (Å²) in [5.74, 6) is 1.58. The number of ether oxygens (including phenoxy) is 1. The third-order valence-electron chi connectivity index (χ3n) is 3.71. The number of nitrogens with zero attached hydrogens (tertiary/aromatic N) is 2. The van der Waals surface area contributed by atoms with Gasteiger partial charge in [0.2, 0.25) is 0 Å². The van der Waals surface area contributed by atoms with Crippen molar-refractivity contribution in [1.82, 2.24) is 9.78 Å². The number of aromatic nitrogens is 2. The van der Waals surface area contributed by atoms with Gasteiger partial charge in [-0.2, -0.15) is 5.10 Å². The molecule has 0 saturated heterocycles. The van der Waals surface area contributed by atoms with Gasteiger partial charge in [-0.25, -0.2) is 4.79 Å². The molecule has 0 spiro atoms. The summed E-state index contributed by atoms with van der Waals surface area (Å²) in [5.41, 5.74) is 1.32. The lowest BCUT2D eigenvalue weighted by atomic mass is 10.1. The van der Waals surface area contributed by atoms with E-state index >= 15 is 0 Å². The fourth-order valence-corrected chi connectivity index (χ4v) is 2.34. The zero-order valence-corrected chi connectivity index (χ0v) is 11.5. The molecule has 0 atom stereocenters. The Labute approximate surface area is 113 Å². The zero-order valence-electron chi connectivity index (χ0n) is 11.5. The van der Waals surface area contributed by atoms with Crippen molar-refractivity contribution in [2.75, 3.05) is 0 Å². The van der Waals surface area contributed by atoms with Crippen molar-refractivity contribution < 1.29 is 9.53 Å². The summed E-state index contributed by atoms with van der Waals surface area (Å²) in [7, 11) is 0. The van der Waals surface area contributed by atoms with Gasteiger partial charge in [0.15, 0.2) is 5.75 Å². The summed E-state index contributed by atoms with van der Waals surface area (Å²) in [6.07, 6.45) is 10.0. The van der Waals surface area contributed by atoms with E-state index in [0.717, 1.165) is 0 Å². The number of carbonyl (C=O) groups is 1. The van der Waals surface area contributed by atoms with E-state index in [-0.39, 0.29) is 12.0 Å². The summed E-state index contributed by atoms with van der Waals surface area (Å²) in [6.45, 7) is 4.08. The molecular weight excluding hydrogens is 240 g/mol. The smallest absolute Gasteiger partial charge is 0.336 e. The zero-order chi connectivity index (χ0) is 13.4. The minimum Gasteiger partial charge on any atom is -0.420 e. The molecular formula is C15H20N2O2. The second kappa shape index (κ2) is 4.83. The van der Waals surface area contributed by atoms with Crippen LogP contribution in [-0.4, -0.2) is 15.7 Å². The Hall–Kier alpha value is -1.58. The Morgan fingerprint density at radius 3 is 2.47 bits per heavy atom. The van der Waals surface area contributed by atoms with Gasteiger partial charge in [0, 0.05) is 12.1 Å². The molecule has 4 heteroatoms. The molecule has 19 heavy (non-hydrogen) atoms. The quantitative estimate of drug-likeness (QED) is 0.603. The van der Waals surface area contributed by atoms with Crippen molar-refractivity contribution >= 4 is 5.97 Å². The van der Waals surface area contributed by atoms with Gasteiger partial charge in [-0.1, -0.05) is 5.57 Å². The number of hydrogen-bond donors (Lipinski definition) is 0. The Kier molecular flexibility index (Phi) is 3.17. The van der Waals surface area contributed by atoms with E-state index in [1.54, 1.807) is 23.2 Å². The highest BCUT2D eigenvalue weighted by Crippen LogP contribution is 2.48. The summed E-state index contributed by atoms with van der Waals surface area (Å²) in [4.78, 5) is 11.9. The largest absolute Gasteiger partial charge is 0.420 e. The highest BCUT2D eigenvalue weighted by molar-refractivity contribution is 5.85. The highest BCUT2D eigenvalue weighted by Gasteiger charge is 2.36. The first-order chi connectivity index (χ1) is 9.13. The number of hydrogen-bond acceptors (Lipinski definition) is 3. The molecule has 4 nitrogen and oxygen atoms in total. The van der Waals surface area contributed by atoms with Crippen LogP contribution in [0.3, 0.4) is 0 Å². The molecule has 0 N–H and O–H groups in total. The molecule has 3 rings (SSSR count). The third kappa shape index (κ3) is 3.06. The number of rotatable bonds is 5. The number of allylic oxidation sites excluding steroid dienone is 1. The normalized spacial score (nSPS) is 18.5. The summed E-state index contributed by atoms with van der Waals surface area (Å²) in [6, 6.07) is 0.275. The van der Waals surface area contributed by atoms with E-state index < -0.39 is 0 Å². The molecule has 1 aromatic rings. The molecule has 0 bridgehead atoms. The highest BCUT2D eigenvalue weighted by atomic mass is 16.5. The molecule has 2 fully saturated rings. The van der Waals surface area contributed by atoms with Crippen molar-refractivity contribution in [2.24, 2.45) is 11.8 Å². The van der Waals surface area contributed by atoms with E-state index in [1.807, 2.05) is 13.8 Å². The van der Waals surface area contributed by atoms with E-state index in [0.29, 0.717) is 17.6 Å². The minimum atomic E-state index is -0.253. The monoisotopic (exact) mass is 260 g/mol. The predicted molar refractivity (Wildman–Crippen MR) is 71.8 cm³/mol. The van der Waals surface area contributed by atoms with Crippen LogP contribution < -0.4 is 4.74 Å². The molecule has 0 aliphatic heterocycles. The standard InChI is InChI=1S/C15H20N2O2/c1-10(2)17-9-13(8-16-17)19-15(18)7-14(11-3-4-11)12-5-6-12/h7-12H,3-6H2,1-2H3. The van der Waals surface area contributed by atoms with Crippen LogP contribution in [0.25, 0.3) is 0 Å². The molecule has 0 radical (unpaired) electrons. The van der Waals surface area contributed by atoms with Crippen LogP contribution in [0.1, 0.15) is 45.6 Å². The first-order valence-corrected chi connectivity index (χ1v) is 7.11. The van der Waals surface area contributed by atoms with Crippen LogP contribution in [0, 0.1) is 11.8 Å². The van der Waals surface area contributed by atoms with Crippen molar-refractivity contribution in [3.8, 4) is 5.75 Å². The molecule has 2 aliphatic carbocycles. The summed E-state index contributed by atoms with van der Waals surface area (Å²) < 4.78 is 7.12. The maximum Gasteiger partial charge on any atom is 0.336 e. The predicted octanol–water partition coefficient (Wildman–Crippen LogP) is 3.12. The fourth-order valence-electron chi connectivity index (χ4n) is 2.34.